The van der Waals surface area contributed by atoms with Gasteiger partial charge in [0.25, 0.3) is 5.91 Å². The van der Waals surface area contributed by atoms with E-state index < -0.39 is 35.2 Å². The Morgan fingerprint density at radius 2 is 2.23 bits per heavy atom. The summed E-state index contributed by atoms with van der Waals surface area (Å²) in [6, 6.07) is 0. The molecule has 0 spiro atoms. The maximum absolute atomic E-state index is 11.9. The highest BCUT2D eigenvalue weighted by atomic mass is 16.6. The zero-order valence-electron chi connectivity index (χ0n) is 12.2. The molecule has 8 heteroatoms. The summed E-state index contributed by atoms with van der Waals surface area (Å²) in [6.45, 7) is 0.939. The summed E-state index contributed by atoms with van der Waals surface area (Å²) < 4.78 is 4.76. The number of terminal acetylenes is 1. The van der Waals surface area contributed by atoms with Gasteiger partial charge in [-0.1, -0.05) is 12.8 Å². The van der Waals surface area contributed by atoms with Crippen LogP contribution in [0.5, 0.6) is 0 Å². The number of ether oxygens (including phenoxy) is 1. The van der Waals surface area contributed by atoms with Crippen molar-refractivity contribution in [2.45, 2.75) is 19.8 Å². The van der Waals surface area contributed by atoms with E-state index in [9.17, 15) is 24.5 Å². The van der Waals surface area contributed by atoms with E-state index in [1.165, 1.54) is 0 Å². The van der Waals surface area contributed by atoms with E-state index in [-0.39, 0.29) is 37.6 Å². The van der Waals surface area contributed by atoms with E-state index >= 15 is 0 Å². The smallest absolute Gasteiger partial charge is 0.307 e. The van der Waals surface area contributed by atoms with Crippen molar-refractivity contribution in [1.29, 1.82) is 0 Å². The predicted molar refractivity (Wildman–Crippen MR) is 75.0 cm³/mol. The molecule has 0 aromatic rings. The lowest BCUT2D eigenvalue weighted by Crippen LogP contribution is -2.31. The van der Waals surface area contributed by atoms with E-state index in [2.05, 4.69) is 11.2 Å². The number of carbonyl (C=O) groups is 3. The number of carbonyl (C=O) groups excluding carboxylic acids is 3. The maximum atomic E-state index is 11.9. The van der Waals surface area contributed by atoms with Crippen LogP contribution in [0.3, 0.4) is 0 Å². The van der Waals surface area contributed by atoms with E-state index in [4.69, 9.17) is 11.2 Å². The van der Waals surface area contributed by atoms with Crippen molar-refractivity contribution < 1.29 is 24.0 Å². The molecule has 0 aliphatic heterocycles. The second-order valence-corrected chi connectivity index (χ2v) is 5.28. The van der Waals surface area contributed by atoms with Crippen LogP contribution >= 0.6 is 0 Å². The van der Waals surface area contributed by atoms with Crippen molar-refractivity contribution in [3.8, 4) is 12.3 Å². The fourth-order valence-electron chi connectivity index (χ4n) is 2.59. The molecule has 0 saturated heterocycles. The number of nitrogens with one attached hydrogen (secondary N) is 1. The lowest BCUT2D eigenvalue weighted by atomic mass is 9.88. The molecule has 3 atom stereocenters. The first-order valence-corrected chi connectivity index (χ1v) is 6.85. The molecule has 120 valence electrons. The number of hydrogen-bond donors (Lipinski definition) is 1. The number of rotatable bonds is 7. The zero-order valence-corrected chi connectivity index (χ0v) is 12.2. The normalized spacial score (nSPS) is 23.6. The SMILES string of the molecule is C#CCNC(=O)COC(=O)C[C@@H]1C(=O)C[C@H](C)[C@H]1C[N+](=O)[O-]. The number of esters is 1. The van der Waals surface area contributed by atoms with Gasteiger partial charge >= 0.3 is 5.97 Å². The Bertz CT molecular complexity index is 510. The monoisotopic (exact) mass is 310 g/mol. The van der Waals surface area contributed by atoms with Gasteiger partial charge in [-0.2, -0.15) is 0 Å². The highest BCUT2D eigenvalue weighted by molar-refractivity contribution is 5.88. The summed E-state index contributed by atoms with van der Waals surface area (Å²) in [4.78, 5) is 45.0. The molecule has 22 heavy (non-hydrogen) atoms. The van der Waals surface area contributed by atoms with Crippen LogP contribution in [0, 0.1) is 40.2 Å². The Balaban J connectivity index is 2.51. The molecule has 1 saturated carbocycles. The Morgan fingerprint density at radius 3 is 2.82 bits per heavy atom. The topological polar surface area (TPSA) is 116 Å². The molecule has 1 rings (SSSR count). The quantitative estimate of drug-likeness (QED) is 0.301. The average molecular weight is 310 g/mol. The summed E-state index contributed by atoms with van der Waals surface area (Å²) in [7, 11) is 0. The standard InChI is InChI=1S/C14H18N2O6/c1-3-4-15-13(18)8-22-14(19)6-10-11(7-16(20)21)9(2)5-12(10)17/h1,9-11H,4-8H2,2H3,(H,15,18)/t9-,10-,11+/m0/s1. The van der Waals surface area contributed by atoms with E-state index in [1.807, 2.05) is 0 Å². The third-order valence-electron chi connectivity index (χ3n) is 3.68. The molecule has 1 N–H and O–H groups in total. The molecule has 1 fully saturated rings. The maximum Gasteiger partial charge on any atom is 0.307 e. The van der Waals surface area contributed by atoms with Gasteiger partial charge in [0.1, 0.15) is 5.78 Å². The van der Waals surface area contributed by atoms with Crippen LogP contribution in [0.4, 0.5) is 0 Å². The summed E-state index contributed by atoms with van der Waals surface area (Å²) in [5, 5.41) is 13.0. The van der Waals surface area contributed by atoms with Crippen molar-refractivity contribution in [2.75, 3.05) is 19.7 Å². The summed E-state index contributed by atoms with van der Waals surface area (Å²) in [5.41, 5.74) is 0. The van der Waals surface area contributed by atoms with E-state index in [1.54, 1.807) is 6.92 Å². The highest BCUT2D eigenvalue weighted by Gasteiger charge is 2.44. The van der Waals surface area contributed by atoms with Crippen LogP contribution in [0.2, 0.25) is 0 Å². The van der Waals surface area contributed by atoms with Crippen molar-refractivity contribution in [3.05, 3.63) is 10.1 Å². The minimum Gasteiger partial charge on any atom is -0.456 e. The minimum absolute atomic E-state index is 0.0277. The van der Waals surface area contributed by atoms with Gasteiger partial charge < -0.3 is 10.1 Å². The molecule has 8 nitrogen and oxygen atoms in total. The number of Topliss-reactive ketones (excluding diaryl/α,β-unsaturated/α-hetero) is 1. The van der Waals surface area contributed by atoms with Crippen molar-refractivity contribution >= 4 is 17.7 Å². The van der Waals surface area contributed by atoms with Gasteiger partial charge in [0.2, 0.25) is 6.54 Å². The Labute approximate surface area is 127 Å². The van der Waals surface area contributed by atoms with Crippen molar-refractivity contribution in [3.63, 3.8) is 0 Å². The average Bonchev–Trinajstić information content (AvgIpc) is 2.69. The fraction of sp³-hybridized carbons (Fsp3) is 0.643. The molecule has 0 aromatic heterocycles. The first-order chi connectivity index (χ1) is 10.3. The third kappa shape index (κ3) is 5.16. The second-order valence-electron chi connectivity index (χ2n) is 5.28. The fourth-order valence-corrected chi connectivity index (χ4v) is 2.59. The summed E-state index contributed by atoms with van der Waals surface area (Å²) in [5.74, 6) is -0.588. The van der Waals surface area contributed by atoms with Gasteiger partial charge in [-0.15, -0.1) is 6.42 Å². The lowest BCUT2D eigenvalue weighted by molar-refractivity contribution is -0.490. The second kappa shape index (κ2) is 8.12. The van der Waals surface area contributed by atoms with E-state index in [0.29, 0.717) is 0 Å². The molecule has 0 unspecified atom stereocenters. The van der Waals surface area contributed by atoms with Crippen LogP contribution in [-0.2, 0) is 19.1 Å². The van der Waals surface area contributed by atoms with Crippen LogP contribution in [0.15, 0.2) is 0 Å². The van der Waals surface area contributed by atoms with Gasteiger partial charge in [-0.25, -0.2) is 0 Å². The molecule has 0 heterocycles. The van der Waals surface area contributed by atoms with E-state index in [0.717, 1.165) is 0 Å². The summed E-state index contributed by atoms with van der Waals surface area (Å²) >= 11 is 0. The molecular formula is C14H18N2O6. The van der Waals surface area contributed by atoms with Gasteiger partial charge in [0.05, 0.1) is 13.0 Å². The first kappa shape index (κ1) is 17.6. The molecule has 0 bridgehead atoms. The van der Waals surface area contributed by atoms with Gasteiger partial charge in [-0.05, 0) is 5.92 Å². The predicted octanol–water partition coefficient (Wildman–Crippen LogP) is -0.213. The van der Waals surface area contributed by atoms with Crippen LogP contribution in [-0.4, -0.2) is 42.3 Å². The number of nitrogens with zero attached hydrogens (tertiary/aromatic N) is 1. The van der Waals surface area contributed by atoms with Crippen molar-refractivity contribution in [1.82, 2.24) is 5.32 Å². The Hall–Kier alpha value is -2.43. The third-order valence-corrected chi connectivity index (χ3v) is 3.68. The molecule has 1 aliphatic carbocycles. The number of nitro groups is 1. The van der Waals surface area contributed by atoms with Gasteiger partial charge in [0, 0.05) is 23.2 Å². The molecule has 1 aliphatic rings. The minimum atomic E-state index is -0.725. The molecule has 0 aromatic carbocycles. The number of hydrogen-bond acceptors (Lipinski definition) is 6. The number of amides is 1. The van der Waals surface area contributed by atoms with Crippen LogP contribution in [0.25, 0.3) is 0 Å². The molecular weight excluding hydrogens is 292 g/mol. The highest BCUT2D eigenvalue weighted by Crippen LogP contribution is 2.36. The van der Waals surface area contributed by atoms with Crippen LogP contribution < -0.4 is 5.32 Å². The Morgan fingerprint density at radius 1 is 1.55 bits per heavy atom. The molecule has 1 amide bonds. The number of ketones is 1. The van der Waals surface area contributed by atoms with Gasteiger partial charge in [0.15, 0.2) is 6.61 Å². The van der Waals surface area contributed by atoms with Crippen LogP contribution in [0.1, 0.15) is 19.8 Å². The largest absolute Gasteiger partial charge is 0.456 e. The summed E-state index contributed by atoms with van der Waals surface area (Å²) in [6.07, 6.45) is 4.94. The van der Waals surface area contributed by atoms with Gasteiger partial charge in [-0.3, -0.25) is 24.5 Å². The Kier molecular flexibility index (Phi) is 6.50. The molecule has 0 radical (unpaired) electrons. The zero-order chi connectivity index (χ0) is 16.7. The first-order valence-electron chi connectivity index (χ1n) is 6.85. The lowest BCUT2D eigenvalue weighted by Gasteiger charge is -2.16. The van der Waals surface area contributed by atoms with Crippen molar-refractivity contribution in [2.24, 2.45) is 17.8 Å².